The van der Waals surface area contributed by atoms with Gasteiger partial charge in [-0.2, -0.15) is 0 Å². The van der Waals surface area contributed by atoms with Crippen LogP contribution in [0.4, 0.5) is 0 Å². The summed E-state index contributed by atoms with van der Waals surface area (Å²) in [4.78, 5) is 11.2. The maximum Gasteiger partial charge on any atom is 0.127 e. The van der Waals surface area contributed by atoms with Gasteiger partial charge in [-0.1, -0.05) is 68.2 Å². The number of rotatable bonds is 9. The largest absolute Gasteiger partial charge is 0.303 e. The first-order chi connectivity index (χ1) is 9.27. The van der Waals surface area contributed by atoms with Crippen molar-refractivity contribution in [2.45, 2.75) is 58.3 Å². The van der Waals surface area contributed by atoms with E-state index >= 15 is 0 Å². The standard InChI is InChI=1S/C18H26O/c1-3-4-5-7-10-16(2)13-14-18(15-19)17-11-8-6-9-12-17/h6,8-9,11-13,15,18H,3-5,7,10,14H2,1-2H3. The maximum atomic E-state index is 11.2. The van der Waals surface area contributed by atoms with Crippen LogP contribution >= 0.6 is 0 Å². The zero-order valence-corrected chi connectivity index (χ0v) is 12.3. The molecule has 0 N–H and O–H groups in total. The van der Waals surface area contributed by atoms with Gasteiger partial charge in [-0.25, -0.2) is 0 Å². The molecule has 0 radical (unpaired) electrons. The van der Waals surface area contributed by atoms with Crippen molar-refractivity contribution in [3.63, 3.8) is 0 Å². The van der Waals surface area contributed by atoms with Crippen LogP contribution in [0.5, 0.6) is 0 Å². The fourth-order valence-corrected chi connectivity index (χ4v) is 2.23. The van der Waals surface area contributed by atoms with Gasteiger partial charge >= 0.3 is 0 Å². The Bertz CT molecular complexity index is 378. The lowest BCUT2D eigenvalue weighted by molar-refractivity contribution is -0.109. The summed E-state index contributed by atoms with van der Waals surface area (Å²) >= 11 is 0. The van der Waals surface area contributed by atoms with Gasteiger partial charge in [0.1, 0.15) is 6.29 Å². The SMILES string of the molecule is CCCCCCC(C)=CCC(C=O)c1ccccc1. The highest BCUT2D eigenvalue weighted by atomic mass is 16.1. The molecule has 0 fully saturated rings. The number of allylic oxidation sites excluding steroid dienone is 2. The van der Waals surface area contributed by atoms with E-state index < -0.39 is 0 Å². The van der Waals surface area contributed by atoms with Gasteiger partial charge < -0.3 is 4.79 Å². The smallest absolute Gasteiger partial charge is 0.127 e. The Kier molecular flexibility index (Phi) is 7.88. The Morgan fingerprint density at radius 2 is 1.89 bits per heavy atom. The molecule has 1 heteroatoms. The molecule has 1 nitrogen and oxygen atoms in total. The molecule has 0 saturated carbocycles. The van der Waals surface area contributed by atoms with Crippen molar-refractivity contribution in [3.8, 4) is 0 Å². The second-order valence-electron chi connectivity index (χ2n) is 5.25. The van der Waals surface area contributed by atoms with Crippen LogP contribution in [0.3, 0.4) is 0 Å². The second kappa shape index (κ2) is 9.55. The van der Waals surface area contributed by atoms with Gasteiger partial charge in [0.2, 0.25) is 0 Å². The normalized spacial score (nSPS) is 13.3. The van der Waals surface area contributed by atoms with Crippen molar-refractivity contribution in [3.05, 3.63) is 47.5 Å². The van der Waals surface area contributed by atoms with Crippen LogP contribution in [0.1, 0.15) is 63.9 Å². The third-order valence-corrected chi connectivity index (χ3v) is 3.54. The lowest BCUT2D eigenvalue weighted by Crippen LogP contribution is -1.98. The van der Waals surface area contributed by atoms with Crippen LogP contribution in [0.25, 0.3) is 0 Å². The highest BCUT2D eigenvalue weighted by molar-refractivity contribution is 5.62. The molecule has 0 aliphatic rings. The molecule has 1 aromatic carbocycles. The van der Waals surface area contributed by atoms with E-state index in [9.17, 15) is 4.79 Å². The van der Waals surface area contributed by atoms with Crippen molar-refractivity contribution in [1.29, 1.82) is 0 Å². The Hall–Kier alpha value is -1.37. The number of carbonyl (C=O) groups is 1. The molecule has 0 spiro atoms. The lowest BCUT2D eigenvalue weighted by Gasteiger charge is -2.08. The second-order valence-corrected chi connectivity index (χ2v) is 5.25. The van der Waals surface area contributed by atoms with E-state index in [4.69, 9.17) is 0 Å². The summed E-state index contributed by atoms with van der Waals surface area (Å²) in [5.41, 5.74) is 2.53. The number of hydrogen-bond donors (Lipinski definition) is 0. The molecule has 0 aliphatic heterocycles. The fraction of sp³-hybridized carbons (Fsp3) is 0.500. The minimum atomic E-state index is 0.00629. The van der Waals surface area contributed by atoms with E-state index in [1.165, 1.54) is 37.7 Å². The summed E-state index contributed by atoms with van der Waals surface area (Å²) < 4.78 is 0. The van der Waals surface area contributed by atoms with Crippen LogP contribution in [0.2, 0.25) is 0 Å². The predicted octanol–water partition coefficient (Wildman–Crippen LogP) is 5.28. The number of benzene rings is 1. The number of hydrogen-bond acceptors (Lipinski definition) is 1. The van der Waals surface area contributed by atoms with Crippen molar-refractivity contribution >= 4 is 6.29 Å². The quantitative estimate of drug-likeness (QED) is 0.335. The molecule has 1 atom stereocenters. The molecule has 0 amide bonds. The fourth-order valence-electron chi connectivity index (χ4n) is 2.23. The topological polar surface area (TPSA) is 17.1 Å². The Morgan fingerprint density at radius 1 is 1.16 bits per heavy atom. The Labute approximate surface area is 117 Å². The van der Waals surface area contributed by atoms with Crippen LogP contribution in [0, 0.1) is 0 Å². The zero-order valence-electron chi connectivity index (χ0n) is 12.3. The average Bonchev–Trinajstić information content (AvgIpc) is 2.45. The van der Waals surface area contributed by atoms with Gasteiger partial charge in [-0.15, -0.1) is 0 Å². The summed E-state index contributed by atoms with van der Waals surface area (Å²) in [6.45, 7) is 4.41. The monoisotopic (exact) mass is 258 g/mol. The third kappa shape index (κ3) is 6.37. The Balaban J connectivity index is 2.42. The van der Waals surface area contributed by atoms with E-state index in [2.05, 4.69) is 19.9 Å². The molecule has 0 bridgehead atoms. The maximum absolute atomic E-state index is 11.2. The van der Waals surface area contributed by atoms with Crippen molar-refractivity contribution < 1.29 is 4.79 Å². The van der Waals surface area contributed by atoms with Gasteiger partial charge in [0.15, 0.2) is 0 Å². The highest BCUT2D eigenvalue weighted by Crippen LogP contribution is 2.19. The summed E-state index contributed by atoms with van der Waals surface area (Å²) in [5, 5.41) is 0. The van der Waals surface area contributed by atoms with Gasteiger partial charge in [0.05, 0.1) is 0 Å². The van der Waals surface area contributed by atoms with Gasteiger partial charge in [-0.3, -0.25) is 0 Å². The van der Waals surface area contributed by atoms with Crippen LogP contribution in [0.15, 0.2) is 42.0 Å². The Morgan fingerprint density at radius 3 is 2.53 bits per heavy atom. The van der Waals surface area contributed by atoms with Crippen molar-refractivity contribution in [2.75, 3.05) is 0 Å². The molecular formula is C18H26O. The summed E-state index contributed by atoms with van der Waals surface area (Å²) in [6, 6.07) is 10.0. The first kappa shape index (κ1) is 15.7. The van der Waals surface area contributed by atoms with Crippen LogP contribution < -0.4 is 0 Å². The molecule has 19 heavy (non-hydrogen) atoms. The summed E-state index contributed by atoms with van der Waals surface area (Å²) in [6.07, 6.45) is 10.5. The molecule has 0 heterocycles. The van der Waals surface area contributed by atoms with E-state index in [0.717, 1.165) is 18.3 Å². The van der Waals surface area contributed by atoms with Crippen molar-refractivity contribution in [1.82, 2.24) is 0 Å². The average molecular weight is 258 g/mol. The van der Waals surface area contributed by atoms with E-state index in [1.807, 2.05) is 30.3 Å². The molecule has 1 aromatic rings. The van der Waals surface area contributed by atoms with E-state index in [0.29, 0.717) is 0 Å². The molecule has 1 unspecified atom stereocenters. The third-order valence-electron chi connectivity index (χ3n) is 3.54. The first-order valence-electron chi connectivity index (χ1n) is 7.43. The molecular weight excluding hydrogens is 232 g/mol. The zero-order chi connectivity index (χ0) is 13.9. The van der Waals surface area contributed by atoms with E-state index in [1.54, 1.807) is 0 Å². The minimum Gasteiger partial charge on any atom is -0.303 e. The van der Waals surface area contributed by atoms with Gasteiger partial charge in [0.25, 0.3) is 0 Å². The molecule has 1 rings (SSSR count). The van der Waals surface area contributed by atoms with Gasteiger partial charge in [0, 0.05) is 5.92 Å². The lowest BCUT2D eigenvalue weighted by atomic mass is 9.95. The number of unbranched alkanes of at least 4 members (excludes halogenated alkanes) is 3. The first-order valence-corrected chi connectivity index (χ1v) is 7.43. The summed E-state index contributed by atoms with van der Waals surface area (Å²) in [7, 11) is 0. The van der Waals surface area contributed by atoms with Gasteiger partial charge in [-0.05, 0) is 31.7 Å². The molecule has 0 aliphatic carbocycles. The molecule has 0 saturated heterocycles. The van der Waals surface area contributed by atoms with Crippen LogP contribution in [-0.4, -0.2) is 6.29 Å². The number of aldehydes is 1. The molecule has 104 valence electrons. The highest BCUT2D eigenvalue weighted by Gasteiger charge is 2.07. The predicted molar refractivity (Wildman–Crippen MR) is 82.4 cm³/mol. The number of carbonyl (C=O) groups excluding carboxylic acids is 1. The minimum absolute atomic E-state index is 0.00629. The molecule has 0 aromatic heterocycles. The van der Waals surface area contributed by atoms with E-state index in [-0.39, 0.29) is 5.92 Å². The van der Waals surface area contributed by atoms with Crippen molar-refractivity contribution in [2.24, 2.45) is 0 Å². The van der Waals surface area contributed by atoms with Crippen LogP contribution in [-0.2, 0) is 4.79 Å². The summed E-state index contributed by atoms with van der Waals surface area (Å²) in [5.74, 6) is 0.00629.